The molecular weight excluding hydrogens is 268 g/mol. The second-order valence-electron chi connectivity index (χ2n) is 4.63. The van der Waals surface area contributed by atoms with Crippen LogP contribution in [0.3, 0.4) is 0 Å². The van der Waals surface area contributed by atoms with Crippen molar-refractivity contribution >= 4 is 21.4 Å². The molecule has 1 aliphatic rings. The summed E-state index contributed by atoms with van der Waals surface area (Å²) >= 11 is 0. The van der Waals surface area contributed by atoms with Gasteiger partial charge in [-0.25, -0.2) is 8.42 Å². The molecule has 1 saturated heterocycles. The molecule has 0 aromatic carbocycles. The lowest BCUT2D eigenvalue weighted by Crippen LogP contribution is -2.44. The van der Waals surface area contributed by atoms with Crippen LogP contribution in [0.1, 0.15) is 23.1 Å². The lowest BCUT2D eigenvalue weighted by atomic mass is 10.2. The Hall–Kier alpha value is -1.57. The van der Waals surface area contributed by atoms with Crippen molar-refractivity contribution in [2.24, 2.45) is 7.05 Å². The number of amides is 1. The highest BCUT2D eigenvalue weighted by molar-refractivity contribution is 7.91. The van der Waals surface area contributed by atoms with Gasteiger partial charge in [0.15, 0.2) is 9.84 Å². The first-order valence-corrected chi connectivity index (χ1v) is 7.99. The number of nitrogen functional groups attached to an aromatic ring is 1. The molecule has 1 aromatic heterocycles. The number of hydrogen-bond acceptors (Lipinski definition) is 5. The summed E-state index contributed by atoms with van der Waals surface area (Å²) in [5.41, 5.74) is 7.35. The second kappa shape index (κ2) is 4.84. The number of aromatic nitrogens is 2. The average Bonchev–Trinajstić information content (AvgIpc) is 2.63. The van der Waals surface area contributed by atoms with Gasteiger partial charge >= 0.3 is 0 Å². The molecule has 2 heterocycles. The van der Waals surface area contributed by atoms with E-state index in [-0.39, 0.29) is 30.5 Å². The number of rotatable bonds is 2. The summed E-state index contributed by atoms with van der Waals surface area (Å²) in [5.74, 6) is -0.226. The fourth-order valence-corrected chi connectivity index (χ4v) is 3.38. The van der Waals surface area contributed by atoms with Gasteiger partial charge in [0, 0.05) is 20.1 Å². The van der Waals surface area contributed by atoms with Crippen LogP contribution in [-0.4, -0.2) is 53.6 Å². The standard InChI is InChI=1S/C11H18N4O3S/c1-3-8-9(12)10(14(2)13-8)11(16)15-4-6-19(17,18)7-5-15/h3-7,12H2,1-2H3. The molecule has 0 atom stereocenters. The van der Waals surface area contributed by atoms with Gasteiger partial charge in [-0.05, 0) is 6.42 Å². The molecule has 0 aliphatic carbocycles. The van der Waals surface area contributed by atoms with E-state index in [2.05, 4.69) is 5.10 Å². The van der Waals surface area contributed by atoms with Crippen molar-refractivity contribution in [3.05, 3.63) is 11.4 Å². The van der Waals surface area contributed by atoms with Crippen LogP contribution in [0.4, 0.5) is 5.69 Å². The molecule has 0 saturated carbocycles. The maximum absolute atomic E-state index is 12.4. The van der Waals surface area contributed by atoms with Crippen LogP contribution in [0.2, 0.25) is 0 Å². The molecule has 1 aromatic rings. The molecule has 0 unspecified atom stereocenters. The molecule has 1 aliphatic heterocycles. The third-order valence-corrected chi connectivity index (χ3v) is 4.94. The van der Waals surface area contributed by atoms with Gasteiger partial charge in [-0.1, -0.05) is 6.92 Å². The number of anilines is 1. The Labute approximate surface area is 112 Å². The fraction of sp³-hybridized carbons (Fsp3) is 0.636. The zero-order chi connectivity index (χ0) is 14.2. The van der Waals surface area contributed by atoms with Gasteiger partial charge in [0.1, 0.15) is 5.69 Å². The Balaban J connectivity index is 2.24. The fourth-order valence-electron chi connectivity index (χ4n) is 2.18. The van der Waals surface area contributed by atoms with E-state index >= 15 is 0 Å². The van der Waals surface area contributed by atoms with Crippen molar-refractivity contribution in [3.63, 3.8) is 0 Å². The normalized spacial score (nSPS) is 18.5. The van der Waals surface area contributed by atoms with Crippen LogP contribution in [0, 0.1) is 0 Å². The summed E-state index contributed by atoms with van der Waals surface area (Å²) in [6.45, 7) is 2.35. The van der Waals surface area contributed by atoms with Crippen LogP contribution in [0.25, 0.3) is 0 Å². The maximum Gasteiger partial charge on any atom is 0.274 e. The van der Waals surface area contributed by atoms with E-state index in [1.54, 1.807) is 7.05 Å². The Morgan fingerprint density at radius 2 is 1.95 bits per heavy atom. The molecular formula is C11H18N4O3S. The number of carbonyl (C=O) groups is 1. The molecule has 2 rings (SSSR count). The highest BCUT2D eigenvalue weighted by Crippen LogP contribution is 2.19. The molecule has 8 heteroatoms. The van der Waals surface area contributed by atoms with Crippen molar-refractivity contribution in [1.29, 1.82) is 0 Å². The third kappa shape index (κ3) is 2.58. The van der Waals surface area contributed by atoms with Crippen LogP contribution in [-0.2, 0) is 23.3 Å². The predicted molar refractivity (Wildman–Crippen MR) is 71.6 cm³/mol. The molecule has 2 N–H and O–H groups in total. The molecule has 19 heavy (non-hydrogen) atoms. The first-order chi connectivity index (χ1) is 8.85. The van der Waals surface area contributed by atoms with Gasteiger partial charge in [0.05, 0.1) is 22.9 Å². The summed E-state index contributed by atoms with van der Waals surface area (Å²) in [6, 6.07) is 0. The van der Waals surface area contributed by atoms with Gasteiger partial charge < -0.3 is 10.6 Å². The van der Waals surface area contributed by atoms with E-state index in [9.17, 15) is 13.2 Å². The molecule has 0 bridgehead atoms. The third-order valence-electron chi connectivity index (χ3n) is 3.33. The lowest BCUT2D eigenvalue weighted by Gasteiger charge is -2.26. The SMILES string of the molecule is CCc1nn(C)c(C(=O)N2CCS(=O)(=O)CC2)c1N. The van der Waals surface area contributed by atoms with Gasteiger partial charge in [0.2, 0.25) is 0 Å². The summed E-state index contributed by atoms with van der Waals surface area (Å²) in [5, 5.41) is 4.20. The zero-order valence-corrected chi connectivity index (χ0v) is 11.9. The number of sulfone groups is 1. The number of hydrogen-bond donors (Lipinski definition) is 1. The van der Waals surface area contributed by atoms with Crippen LogP contribution in [0.5, 0.6) is 0 Å². The van der Waals surface area contributed by atoms with Crippen molar-refractivity contribution in [2.45, 2.75) is 13.3 Å². The number of carbonyl (C=O) groups excluding carboxylic acids is 1. The van der Waals surface area contributed by atoms with E-state index in [0.29, 0.717) is 23.5 Å². The van der Waals surface area contributed by atoms with Gasteiger partial charge in [-0.15, -0.1) is 0 Å². The van der Waals surface area contributed by atoms with Crippen molar-refractivity contribution in [3.8, 4) is 0 Å². The summed E-state index contributed by atoms with van der Waals surface area (Å²) in [6.07, 6.45) is 0.654. The van der Waals surface area contributed by atoms with Crippen LogP contribution >= 0.6 is 0 Å². The number of nitrogens with two attached hydrogens (primary N) is 1. The molecule has 7 nitrogen and oxygen atoms in total. The minimum absolute atomic E-state index is 0.0110. The van der Waals surface area contributed by atoms with E-state index in [1.807, 2.05) is 6.92 Å². The molecule has 106 valence electrons. The molecule has 0 radical (unpaired) electrons. The number of nitrogens with zero attached hydrogens (tertiary/aromatic N) is 3. The van der Waals surface area contributed by atoms with Gasteiger partial charge in [-0.2, -0.15) is 5.10 Å². The Morgan fingerprint density at radius 3 is 2.42 bits per heavy atom. The molecule has 0 spiro atoms. The highest BCUT2D eigenvalue weighted by atomic mass is 32.2. The highest BCUT2D eigenvalue weighted by Gasteiger charge is 2.29. The smallest absolute Gasteiger partial charge is 0.274 e. The zero-order valence-electron chi connectivity index (χ0n) is 11.1. The average molecular weight is 286 g/mol. The van der Waals surface area contributed by atoms with Gasteiger partial charge in [-0.3, -0.25) is 9.48 Å². The minimum Gasteiger partial charge on any atom is -0.395 e. The topological polar surface area (TPSA) is 98.3 Å². The van der Waals surface area contributed by atoms with Crippen molar-refractivity contribution < 1.29 is 13.2 Å². The van der Waals surface area contributed by atoms with E-state index in [1.165, 1.54) is 9.58 Å². The van der Waals surface area contributed by atoms with Crippen LogP contribution < -0.4 is 5.73 Å². The van der Waals surface area contributed by atoms with Gasteiger partial charge in [0.25, 0.3) is 5.91 Å². The van der Waals surface area contributed by atoms with Crippen molar-refractivity contribution in [2.75, 3.05) is 30.3 Å². The predicted octanol–water partition coefficient (Wildman–Crippen LogP) is -0.565. The largest absolute Gasteiger partial charge is 0.395 e. The van der Waals surface area contributed by atoms with Crippen LogP contribution in [0.15, 0.2) is 0 Å². The van der Waals surface area contributed by atoms with E-state index < -0.39 is 9.84 Å². The quantitative estimate of drug-likeness (QED) is 0.785. The Kier molecular flexibility index (Phi) is 3.53. The first-order valence-electron chi connectivity index (χ1n) is 6.16. The Bertz CT molecular complexity index is 592. The monoisotopic (exact) mass is 286 g/mol. The maximum atomic E-state index is 12.4. The van der Waals surface area contributed by atoms with Crippen molar-refractivity contribution in [1.82, 2.24) is 14.7 Å². The Morgan fingerprint density at radius 1 is 1.37 bits per heavy atom. The lowest BCUT2D eigenvalue weighted by molar-refractivity contribution is 0.0760. The van der Waals surface area contributed by atoms with E-state index in [4.69, 9.17) is 5.73 Å². The summed E-state index contributed by atoms with van der Waals surface area (Å²) < 4.78 is 24.2. The molecule has 1 amide bonds. The first kappa shape index (κ1) is 13.9. The summed E-state index contributed by atoms with van der Waals surface area (Å²) in [4.78, 5) is 13.9. The molecule has 1 fully saturated rings. The summed E-state index contributed by atoms with van der Waals surface area (Å²) in [7, 11) is -1.33. The minimum atomic E-state index is -3.00. The number of aryl methyl sites for hydroxylation is 2. The second-order valence-corrected chi connectivity index (χ2v) is 6.93. The van der Waals surface area contributed by atoms with E-state index in [0.717, 1.165) is 0 Å².